The van der Waals surface area contributed by atoms with Gasteiger partial charge in [0.1, 0.15) is 24.2 Å². The largest absolute Gasteiger partial charge is 0.505 e. The third-order valence-corrected chi connectivity index (χ3v) is 4.23. The second-order valence-corrected chi connectivity index (χ2v) is 6.45. The van der Waals surface area contributed by atoms with Gasteiger partial charge in [-0.2, -0.15) is 5.26 Å². The Morgan fingerprint density at radius 2 is 1.82 bits per heavy atom. The van der Waals surface area contributed by atoms with Gasteiger partial charge >= 0.3 is 0 Å². The van der Waals surface area contributed by atoms with Crippen LogP contribution in [-0.2, 0) is 11.2 Å². The molecule has 0 aliphatic rings. The number of carbonyl (C=O) groups excluding carboxylic acids is 2. The number of nitrogens with zero attached hydrogens (tertiary/aromatic N) is 1. The summed E-state index contributed by atoms with van der Waals surface area (Å²) in [4.78, 5) is 24.6. The topological polar surface area (TPSA) is 102 Å². The number of phenolic OH excluding ortho intramolecular Hbond substituents is 1. The molecule has 0 radical (unpaired) electrons. The van der Waals surface area contributed by atoms with Gasteiger partial charge in [0.2, 0.25) is 5.91 Å². The van der Waals surface area contributed by atoms with Crippen molar-refractivity contribution in [2.45, 2.75) is 12.5 Å². The number of hydrogen-bond acceptors (Lipinski definition) is 4. The normalized spacial score (nSPS) is 11.4. The molecule has 28 heavy (non-hydrogen) atoms. The van der Waals surface area contributed by atoms with Crippen LogP contribution in [0.2, 0.25) is 10.0 Å². The molecule has 2 aromatic carbocycles. The molecular formula is C18H13Cl2F2N3O3. The third kappa shape index (κ3) is 5.31. The standard InChI is InChI=1S/C18H13Cl2F2N3O3/c19-12-5-9(6-13(20)16(12)26)7-15(18(28)24-4-3-23)25-17(27)11-2-1-10(21)8-14(11)22/h1-2,5-6,8,15,26H,4,7H2,(H,24,28)(H,25,27)/t15-/m0/s1. The number of benzene rings is 2. The smallest absolute Gasteiger partial charge is 0.254 e. The Kier molecular flexibility index (Phi) is 7.15. The van der Waals surface area contributed by atoms with Crippen molar-refractivity contribution in [1.82, 2.24) is 10.6 Å². The van der Waals surface area contributed by atoms with Crippen LogP contribution in [0.5, 0.6) is 5.75 Å². The van der Waals surface area contributed by atoms with Crippen molar-refractivity contribution in [2.24, 2.45) is 0 Å². The van der Waals surface area contributed by atoms with E-state index in [0.717, 1.165) is 12.1 Å². The zero-order chi connectivity index (χ0) is 20.8. The van der Waals surface area contributed by atoms with E-state index in [1.54, 1.807) is 6.07 Å². The molecular weight excluding hydrogens is 415 g/mol. The quantitative estimate of drug-likeness (QED) is 0.616. The molecule has 0 saturated carbocycles. The van der Waals surface area contributed by atoms with E-state index in [1.807, 2.05) is 0 Å². The van der Waals surface area contributed by atoms with Crippen molar-refractivity contribution in [2.75, 3.05) is 6.54 Å². The Morgan fingerprint density at radius 1 is 1.18 bits per heavy atom. The number of carbonyl (C=O) groups is 2. The summed E-state index contributed by atoms with van der Waals surface area (Å²) in [6, 6.07) is 5.58. The van der Waals surface area contributed by atoms with Gasteiger partial charge in [0, 0.05) is 12.5 Å². The molecule has 2 aromatic rings. The van der Waals surface area contributed by atoms with E-state index in [4.69, 9.17) is 28.5 Å². The van der Waals surface area contributed by atoms with Crippen molar-refractivity contribution in [1.29, 1.82) is 5.26 Å². The molecule has 0 spiro atoms. The van der Waals surface area contributed by atoms with Crippen LogP contribution in [0.15, 0.2) is 30.3 Å². The molecule has 1 atom stereocenters. The van der Waals surface area contributed by atoms with E-state index < -0.39 is 35.1 Å². The minimum absolute atomic E-state index is 0.0606. The average molecular weight is 428 g/mol. The molecule has 10 heteroatoms. The first-order valence-corrected chi connectivity index (χ1v) is 8.56. The fourth-order valence-corrected chi connectivity index (χ4v) is 2.87. The second-order valence-electron chi connectivity index (χ2n) is 5.64. The fourth-order valence-electron chi connectivity index (χ4n) is 2.34. The number of nitrogens with one attached hydrogen (secondary N) is 2. The Bertz CT molecular complexity index is 941. The van der Waals surface area contributed by atoms with Crippen molar-refractivity contribution < 1.29 is 23.5 Å². The molecule has 6 nitrogen and oxygen atoms in total. The van der Waals surface area contributed by atoms with Crippen molar-refractivity contribution in [3.63, 3.8) is 0 Å². The molecule has 0 heterocycles. The predicted octanol–water partition coefficient (Wildman–Crippen LogP) is 2.96. The van der Waals surface area contributed by atoms with Crippen molar-refractivity contribution in [3.8, 4) is 11.8 Å². The maximum atomic E-state index is 13.8. The van der Waals surface area contributed by atoms with Crippen LogP contribution in [0, 0.1) is 23.0 Å². The highest BCUT2D eigenvalue weighted by Crippen LogP contribution is 2.33. The van der Waals surface area contributed by atoms with Gasteiger partial charge in [-0.15, -0.1) is 0 Å². The number of rotatable bonds is 6. The van der Waals surface area contributed by atoms with Crippen molar-refractivity contribution >= 4 is 35.0 Å². The first-order valence-electron chi connectivity index (χ1n) is 7.80. The first kappa shape index (κ1) is 21.4. The summed E-state index contributed by atoms with van der Waals surface area (Å²) in [7, 11) is 0. The Labute approximate surface area is 168 Å². The number of aromatic hydroxyl groups is 1. The van der Waals surface area contributed by atoms with E-state index in [2.05, 4.69) is 10.6 Å². The highest BCUT2D eigenvalue weighted by molar-refractivity contribution is 6.37. The molecule has 0 aliphatic heterocycles. The van der Waals surface area contributed by atoms with Gasteiger partial charge in [-0.25, -0.2) is 8.78 Å². The lowest BCUT2D eigenvalue weighted by molar-refractivity contribution is -0.122. The Morgan fingerprint density at radius 3 is 2.39 bits per heavy atom. The summed E-state index contributed by atoms with van der Waals surface area (Å²) >= 11 is 11.7. The zero-order valence-corrected chi connectivity index (χ0v) is 15.6. The summed E-state index contributed by atoms with van der Waals surface area (Å²) in [5, 5.41) is 22.7. The molecule has 0 aromatic heterocycles. The SMILES string of the molecule is N#CCNC(=O)[C@H](Cc1cc(Cl)c(O)c(Cl)c1)NC(=O)c1ccc(F)cc1F. The lowest BCUT2D eigenvalue weighted by Crippen LogP contribution is -2.48. The monoisotopic (exact) mass is 427 g/mol. The van der Waals surface area contributed by atoms with E-state index in [1.165, 1.54) is 12.1 Å². The van der Waals surface area contributed by atoms with Crippen molar-refractivity contribution in [3.05, 3.63) is 63.1 Å². The minimum atomic E-state index is -1.22. The number of hydrogen-bond donors (Lipinski definition) is 3. The molecule has 0 fully saturated rings. The lowest BCUT2D eigenvalue weighted by atomic mass is 10.0. The van der Waals surface area contributed by atoms with Crippen LogP contribution in [0.25, 0.3) is 0 Å². The third-order valence-electron chi connectivity index (χ3n) is 3.66. The van der Waals surface area contributed by atoms with Gasteiger partial charge < -0.3 is 15.7 Å². The maximum Gasteiger partial charge on any atom is 0.254 e. The Balaban J connectivity index is 2.27. The van der Waals surface area contributed by atoms with Gasteiger partial charge in [-0.05, 0) is 29.8 Å². The first-order chi connectivity index (χ1) is 13.2. The maximum absolute atomic E-state index is 13.8. The summed E-state index contributed by atoms with van der Waals surface area (Å²) in [6.07, 6.45) is -0.120. The molecule has 2 rings (SSSR count). The number of phenols is 1. The zero-order valence-electron chi connectivity index (χ0n) is 14.1. The van der Waals surface area contributed by atoms with E-state index in [9.17, 15) is 23.5 Å². The van der Waals surface area contributed by atoms with Crippen LogP contribution in [-0.4, -0.2) is 29.5 Å². The summed E-state index contributed by atoms with van der Waals surface area (Å²) in [6.45, 7) is -0.312. The van der Waals surface area contributed by atoms with Crippen LogP contribution < -0.4 is 10.6 Å². The number of halogens is 4. The second kappa shape index (κ2) is 9.35. The van der Waals surface area contributed by atoms with Crippen LogP contribution in [0.3, 0.4) is 0 Å². The number of nitriles is 1. The van der Waals surface area contributed by atoms with Crippen LogP contribution >= 0.6 is 23.2 Å². The Hall–Kier alpha value is -2.89. The highest BCUT2D eigenvalue weighted by atomic mass is 35.5. The molecule has 3 N–H and O–H groups in total. The predicted molar refractivity (Wildman–Crippen MR) is 98.1 cm³/mol. The van der Waals surface area contributed by atoms with Gasteiger partial charge in [0.25, 0.3) is 5.91 Å². The molecule has 0 bridgehead atoms. The minimum Gasteiger partial charge on any atom is -0.505 e. The van der Waals surface area contributed by atoms with Crippen LogP contribution in [0.1, 0.15) is 15.9 Å². The number of amides is 2. The van der Waals surface area contributed by atoms with E-state index >= 15 is 0 Å². The fraction of sp³-hybridized carbons (Fsp3) is 0.167. The summed E-state index contributed by atoms with van der Waals surface area (Å²) in [5.74, 6) is -3.95. The highest BCUT2D eigenvalue weighted by Gasteiger charge is 2.24. The molecule has 0 aliphatic carbocycles. The van der Waals surface area contributed by atoms with Gasteiger partial charge in [0.15, 0.2) is 5.75 Å². The van der Waals surface area contributed by atoms with E-state index in [0.29, 0.717) is 11.6 Å². The van der Waals surface area contributed by atoms with Gasteiger partial charge in [0.05, 0.1) is 21.7 Å². The average Bonchev–Trinajstić information content (AvgIpc) is 2.63. The van der Waals surface area contributed by atoms with Gasteiger partial charge in [-0.3, -0.25) is 9.59 Å². The van der Waals surface area contributed by atoms with E-state index in [-0.39, 0.29) is 28.8 Å². The van der Waals surface area contributed by atoms with Crippen LogP contribution in [0.4, 0.5) is 8.78 Å². The molecule has 2 amide bonds. The molecule has 0 unspecified atom stereocenters. The van der Waals surface area contributed by atoms with Gasteiger partial charge in [-0.1, -0.05) is 23.2 Å². The summed E-state index contributed by atoms with van der Waals surface area (Å²) < 4.78 is 26.9. The molecule has 146 valence electrons. The lowest BCUT2D eigenvalue weighted by Gasteiger charge is -2.18. The summed E-state index contributed by atoms with van der Waals surface area (Å²) in [5.41, 5.74) is -0.0639. The molecule has 0 saturated heterocycles.